The number of hydrogen-bond acceptors (Lipinski definition) is 2. The Morgan fingerprint density at radius 1 is 1.36 bits per heavy atom. The average Bonchev–Trinajstić information content (AvgIpc) is 2.20. The van der Waals surface area contributed by atoms with Crippen LogP contribution >= 0.6 is 23.2 Å². The molecule has 1 atom stereocenters. The Morgan fingerprint density at radius 2 is 2.00 bits per heavy atom. The Bertz CT molecular complexity index is 374. The third-order valence-electron chi connectivity index (χ3n) is 1.82. The maximum absolute atomic E-state index is 11.5. The van der Waals surface area contributed by atoms with Gasteiger partial charge in [0.05, 0.1) is 16.0 Å². The second-order valence-corrected chi connectivity index (χ2v) is 3.73. The van der Waals surface area contributed by atoms with Gasteiger partial charge in [0.15, 0.2) is 5.78 Å². The molecule has 2 nitrogen and oxygen atoms in total. The van der Waals surface area contributed by atoms with Crippen LogP contribution < -0.4 is 0 Å². The topological polar surface area (TPSA) is 34.1 Å². The fourth-order valence-electron chi connectivity index (χ4n) is 0.974. The van der Waals surface area contributed by atoms with Crippen LogP contribution in [0, 0.1) is 5.92 Å². The number of benzene rings is 1. The number of Topliss-reactive ketones (excluding diaryl/α,β-unsaturated/α-hetero) is 1. The lowest BCUT2D eigenvalue weighted by Crippen LogP contribution is -2.12. The molecule has 1 unspecified atom stereocenters. The van der Waals surface area contributed by atoms with Gasteiger partial charge < -0.3 is 4.79 Å². The third kappa shape index (κ3) is 2.34. The summed E-state index contributed by atoms with van der Waals surface area (Å²) in [5.41, 5.74) is 0.402. The van der Waals surface area contributed by atoms with Crippen molar-refractivity contribution in [3.63, 3.8) is 0 Å². The molecule has 4 heteroatoms. The van der Waals surface area contributed by atoms with E-state index in [9.17, 15) is 9.59 Å². The van der Waals surface area contributed by atoms with Crippen molar-refractivity contribution < 1.29 is 9.59 Å². The first-order chi connectivity index (χ1) is 6.56. The van der Waals surface area contributed by atoms with E-state index in [1.165, 1.54) is 19.1 Å². The van der Waals surface area contributed by atoms with E-state index in [1.807, 2.05) is 0 Å². The van der Waals surface area contributed by atoms with Crippen molar-refractivity contribution in [3.8, 4) is 0 Å². The van der Waals surface area contributed by atoms with E-state index in [1.54, 1.807) is 6.07 Å². The number of halogens is 2. The van der Waals surface area contributed by atoms with Gasteiger partial charge in [-0.2, -0.15) is 0 Å². The van der Waals surface area contributed by atoms with Crippen molar-refractivity contribution in [3.05, 3.63) is 33.8 Å². The minimum absolute atomic E-state index is 0.251. The highest BCUT2D eigenvalue weighted by Gasteiger charge is 2.14. The van der Waals surface area contributed by atoms with Crippen LogP contribution in [0.25, 0.3) is 0 Å². The van der Waals surface area contributed by atoms with Gasteiger partial charge in [-0.15, -0.1) is 0 Å². The van der Waals surface area contributed by atoms with Crippen LogP contribution in [-0.4, -0.2) is 12.1 Å². The largest absolute Gasteiger partial charge is 0.303 e. The summed E-state index contributed by atoms with van der Waals surface area (Å²) in [6, 6.07) is 4.55. The third-order valence-corrected chi connectivity index (χ3v) is 2.56. The molecule has 74 valence electrons. The van der Waals surface area contributed by atoms with Gasteiger partial charge in [-0.1, -0.05) is 23.2 Å². The van der Waals surface area contributed by atoms with E-state index < -0.39 is 5.92 Å². The second-order valence-electron chi connectivity index (χ2n) is 2.92. The van der Waals surface area contributed by atoms with Gasteiger partial charge in [-0.05, 0) is 25.1 Å². The SMILES string of the molecule is CC(C=O)C(=O)c1ccc(Cl)c(Cl)c1. The van der Waals surface area contributed by atoms with Gasteiger partial charge in [0.1, 0.15) is 6.29 Å². The van der Waals surface area contributed by atoms with Gasteiger partial charge in [0.2, 0.25) is 0 Å². The summed E-state index contributed by atoms with van der Waals surface area (Å²) < 4.78 is 0. The molecule has 0 fully saturated rings. The molecule has 0 amide bonds. The molecule has 0 aliphatic rings. The van der Waals surface area contributed by atoms with Gasteiger partial charge in [0, 0.05) is 5.56 Å². The van der Waals surface area contributed by atoms with E-state index in [4.69, 9.17) is 23.2 Å². The first-order valence-electron chi connectivity index (χ1n) is 4.01. The number of rotatable bonds is 3. The summed E-state index contributed by atoms with van der Waals surface area (Å²) in [5.74, 6) is -0.897. The Morgan fingerprint density at radius 3 is 2.50 bits per heavy atom. The van der Waals surface area contributed by atoms with E-state index in [2.05, 4.69) is 0 Å². The summed E-state index contributed by atoms with van der Waals surface area (Å²) in [5, 5.41) is 0.706. The minimum Gasteiger partial charge on any atom is -0.303 e. The lowest BCUT2D eigenvalue weighted by Gasteiger charge is -2.04. The summed E-state index contributed by atoms with van der Waals surface area (Å²) in [4.78, 5) is 21.9. The predicted octanol–water partition coefficient (Wildman–Crippen LogP) is 3.01. The van der Waals surface area contributed by atoms with Crippen LogP contribution in [0.4, 0.5) is 0 Å². The quantitative estimate of drug-likeness (QED) is 0.455. The molecule has 14 heavy (non-hydrogen) atoms. The van der Waals surface area contributed by atoms with Crippen LogP contribution in [0.2, 0.25) is 10.0 Å². The smallest absolute Gasteiger partial charge is 0.172 e. The van der Waals surface area contributed by atoms with E-state index in [-0.39, 0.29) is 5.78 Å². The number of ketones is 1. The molecule has 0 aromatic heterocycles. The van der Waals surface area contributed by atoms with Gasteiger partial charge in [-0.3, -0.25) is 4.79 Å². The number of aldehydes is 1. The van der Waals surface area contributed by atoms with Crippen molar-refractivity contribution >= 4 is 35.3 Å². The molecule has 0 spiro atoms. The van der Waals surface area contributed by atoms with Crippen LogP contribution in [0.1, 0.15) is 17.3 Å². The van der Waals surface area contributed by atoms with Crippen LogP contribution in [0.5, 0.6) is 0 Å². The molecule has 1 aromatic rings. The molecular weight excluding hydrogens is 223 g/mol. The Hall–Kier alpha value is -0.860. The number of carbonyl (C=O) groups excluding carboxylic acids is 2. The molecule has 0 heterocycles. The lowest BCUT2D eigenvalue weighted by molar-refractivity contribution is -0.109. The van der Waals surface area contributed by atoms with Crippen molar-refractivity contribution in [2.24, 2.45) is 5.92 Å². The van der Waals surface area contributed by atoms with Crippen LogP contribution in [0.3, 0.4) is 0 Å². The Kier molecular flexibility index (Phi) is 3.67. The Labute approximate surface area is 91.8 Å². The normalized spacial score (nSPS) is 12.2. The molecule has 0 aliphatic heterocycles. The van der Waals surface area contributed by atoms with Crippen LogP contribution in [0.15, 0.2) is 18.2 Å². The van der Waals surface area contributed by atoms with E-state index in [0.717, 1.165) is 0 Å². The van der Waals surface area contributed by atoms with Gasteiger partial charge in [0.25, 0.3) is 0 Å². The predicted molar refractivity (Wildman–Crippen MR) is 56.0 cm³/mol. The number of hydrogen-bond donors (Lipinski definition) is 0. The van der Waals surface area contributed by atoms with Crippen molar-refractivity contribution in [2.45, 2.75) is 6.92 Å². The first kappa shape index (κ1) is 11.2. The fourth-order valence-corrected chi connectivity index (χ4v) is 1.27. The highest BCUT2D eigenvalue weighted by Crippen LogP contribution is 2.23. The standard InChI is InChI=1S/C10H8Cl2O2/c1-6(5-13)10(14)7-2-3-8(11)9(12)4-7/h2-6H,1H3. The van der Waals surface area contributed by atoms with E-state index in [0.29, 0.717) is 21.9 Å². The molecule has 0 radical (unpaired) electrons. The molecule has 0 saturated heterocycles. The van der Waals surface area contributed by atoms with Gasteiger partial charge in [-0.25, -0.2) is 0 Å². The second kappa shape index (κ2) is 4.58. The molecule has 0 bridgehead atoms. The molecule has 1 rings (SSSR count). The maximum atomic E-state index is 11.5. The first-order valence-corrected chi connectivity index (χ1v) is 4.76. The monoisotopic (exact) mass is 230 g/mol. The highest BCUT2D eigenvalue weighted by molar-refractivity contribution is 6.42. The van der Waals surface area contributed by atoms with Crippen molar-refractivity contribution in [1.29, 1.82) is 0 Å². The average molecular weight is 231 g/mol. The zero-order chi connectivity index (χ0) is 10.7. The summed E-state index contributed by atoms with van der Waals surface area (Å²) >= 11 is 11.4. The minimum atomic E-state index is -0.646. The van der Waals surface area contributed by atoms with E-state index >= 15 is 0 Å². The Balaban J connectivity index is 3.02. The van der Waals surface area contributed by atoms with Gasteiger partial charge >= 0.3 is 0 Å². The molecule has 0 N–H and O–H groups in total. The zero-order valence-electron chi connectivity index (χ0n) is 7.46. The summed E-state index contributed by atoms with van der Waals surface area (Å²) in [7, 11) is 0. The number of carbonyl (C=O) groups is 2. The zero-order valence-corrected chi connectivity index (χ0v) is 8.97. The summed E-state index contributed by atoms with van der Waals surface area (Å²) in [6.45, 7) is 1.54. The van der Waals surface area contributed by atoms with Crippen molar-refractivity contribution in [1.82, 2.24) is 0 Å². The highest BCUT2D eigenvalue weighted by atomic mass is 35.5. The maximum Gasteiger partial charge on any atom is 0.172 e. The lowest BCUT2D eigenvalue weighted by atomic mass is 10.0. The fraction of sp³-hybridized carbons (Fsp3) is 0.200. The molecule has 0 saturated carbocycles. The van der Waals surface area contributed by atoms with Crippen LogP contribution in [-0.2, 0) is 4.79 Å². The molecule has 0 aliphatic carbocycles. The van der Waals surface area contributed by atoms with Crippen molar-refractivity contribution in [2.75, 3.05) is 0 Å². The molecule has 1 aromatic carbocycles. The molecular formula is C10H8Cl2O2. The summed E-state index contributed by atoms with van der Waals surface area (Å²) in [6.07, 6.45) is 0.602.